The van der Waals surface area contributed by atoms with Crippen LogP contribution in [0.2, 0.25) is 5.15 Å². The SMILES string of the molecule is CC.CCOC(=O)c1ccccc1.Cc1cccc(Cl)n1. The molecule has 4 heteroatoms. The minimum Gasteiger partial charge on any atom is -0.462 e. The Morgan fingerprint density at radius 2 is 1.71 bits per heavy atom. The van der Waals surface area contributed by atoms with Gasteiger partial charge in [-0.25, -0.2) is 9.78 Å². The first kappa shape index (κ1) is 19.1. The highest BCUT2D eigenvalue weighted by Crippen LogP contribution is 2.02. The van der Waals surface area contributed by atoms with Crippen molar-refractivity contribution in [2.75, 3.05) is 6.61 Å². The molecule has 0 radical (unpaired) electrons. The van der Waals surface area contributed by atoms with Crippen molar-refractivity contribution in [3.63, 3.8) is 0 Å². The molecule has 0 spiro atoms. The Bertz CT molecular complexity index is 498. The maximum absolute atomic E-state index is 11.0. The van der Waals surface area contributed by atoms with E-state index in [1.54, 1.807) is 25.1 Å². The number of benzene rings is 1. The van der Waals surface area contributed by atoms with Crippen LogP contribution < -0.4 is 0 Å². The van der Waals surface area contributed by atoms with Crippen LogP contribution in [-0.2, 0) is 4.74 Å². The number of nitrogens with zero attached hydrogens (tertiary/aromatic N) is 1. The Labute approximate surface area is 131 Å². The van der Waals surface area contributed by atoms with Crippen molar-refractivity contribution in [3.05, 3.63) is 64.9 Å². The molecular formula is C17H22ClNO2. The molecule has 0 bridgehead atoms. The summed E-state index contributed by atoms with van der Waals surface area (Å²) in [5, 5.41) is 0.560. The number of carbonyl (C=O) groups excluding carboxylic acids is 1. The van der Waals surface area contributed by atoms with Crippen molar-refractivity contribution < 1.29 is 9.53 Å². The Morgan fingerprint density at radius 3 is 2.14 bits per heavy atom. The van der Waals surface area contributed by atoms with Gasteiger partial charge in [0.15, 0.2) is 0 Å². The fraction of sp³-hybridized carbons (Fsp3) is 0.294. The van der Waals surface area contributed by atoms with Crippen molar-refractivity contribution >= 4 is 17.6 Å². The molecule has 2 rings (SSSR count). The van der Waals surface area contributed by atoms with Gasteiger partial charge in [0.1, 0.15) is 5.15 Å². The highest BCUT2D eigenvalue weighted by atomic mass is 35.5. The summed E-state index contributed by atoms with van der Waals surface area (Å²) in [5.41, 5.74) is 1.56. The zero-order valence-electron chi connectivity index (χ0n) is 13.0. The van der Waals surface area contributed by atoms with Crippen LogP contribution in [0.5, 0.6) is 0 Å². The molecule has 0 atom stereocenters. The van der Waals surface area contributed by atoms with Crippen LogP contribution >= 0.6 is 11.6 Å². The first-order valence-corrected chi connectivity index (χ1v) is 7.32. The zero-order valence-corrected chi connectivity index (χ0v) is 13.7. The molecule has 0 aliphatic carbocycles. The molecule has 0 saturated heterocycles. The molecule has 0 unspecified atom stereocenters. The molecule has 1 heterocycles. The molecule has 0 aliphatic heterocycles. The third kappa shape index (κ3) is 8.82. The summed E-state index contributed by atoms with van der Waals surface area (Å²) in [6.45, 7) is 8.13. The van der Waals surface area contributed by atoms with Gasteiger partial charge in [0, 0.05) is 5.69 Å². The summed E-state index contributed by atoms with van der Waals surface area (Å²) in [7, 11) is 0. The number of halogens is 1. The standard InChI is InChI=1S/C9H10O2.C6H6ClN.C2H6/c1-2-11-9(10)8-6-4-3-5-7-8;1-5-3-2-4-6(7)8-5;1-2/h3-7H,2H2,1H3;2-4H,1H3;1-2H3. The second-order valence-corrected chi connectivity index (χ2v) is 4.08. The van der Waals surface area contributed by atoms with Gasteiger partial charge in [0.25, 0.3) is 0 Å². The van der Waals surface area contributed by atoms with E-state index in [4.69, 9.17) is 16.3 Å². The Kier molecular flexibility index (Phi) is 10.9. The first-order valence-electron chi connectivity index (χ1n) is 6.94. The summed E-state index contributed by atoms with van der Waals surface area (Å²) in [6, 6.07) is 14.5. The van der Waals surface area contributed by atoms with E-state index < -0.39 is 0 Å². The smallest absolute Gasteiger partial charge is 0.338 e. The molecular weight excluding hydrogens is 286 g/mol. The van der Waals surface area contributed by atoms with Crippen LogP contribution in [-0.4, -0.2) is 17.6 Å². The number of ether oxygens (including phenoxy) is 1. The average molecular weight is 308 g/mol. The monoisotopic (exact) mass is 307 g/mol. The van der Waals surface area contributed by atoms with E-state index in [0.717, 1.165) is 5.69 Å². The van der Waals surface area contributed by atoms with E-state index in [-0.39, 0.29) is 5.97 Å². The Balaban J connectivity index is 0.000000354. The van der Waals surface area contributed by atoms with Gasteiger partial charge in [-0.2, -0.15) is 0 Å². The van der Waals surface area contributed by atoms with Gasteiger partial charge < -0.3 is 4.74 Å². The molecule has 0 aliphatic rings. The second-order valence-electron chi connectivity index (χ2n) is 3.69. The highest BCUT2D eigenvalue weighted by molar-refractivity contribution is 6.29. The number of esters is 1. The molecule has 0 saturated carbocycles. The van der Waals surface area contributed by atoms with Crippen LogP contribution in [0.15, 0.2) is 48.5 Å². The molecule has 1 aromatic heterocycles. The third-order valence-electron chi connectivity index (χ3n) is 2.14. The van der Waals surface area contributed by atoms with E-state index in [1.165, 1.54) is 0 Å². The molecule has 0 fully saturated rings. The lowest BCUT2D eigenvalue weighted by Crippen LogP contribution is -2.03. The topological polar surface area (TPSA) is 39.2 Å². The minimum absolute atomic E-state index is 0.256. The van der Waals surface area contributed by atoms with E-state index in [1.807, 2.05) is 51.1 Å². The number of rotatable bonds is 2. The van der Waals surface area contributed by atoms with Crippen molar-refractivity contribution in [1.82, 2.24) is 4.98 Å². The fourth-order valence-electron chi connectivity index (χ4n) is 1.30. The van der Waals surface area contributed by atoms with Gasteiger partial charge in [0.05, 0.1) is 12.2 Å². The molecule has 3 nitrogen and oxygen atoms in total. The van der Waals surface area contributed by atoms with Gasteiger partial charge in [-0.1, -0.05) is 49.7 Å². The van der Waals surface area contributed by atoms with Crippen molar-refractivity contribution in [2.45, 2.75) is 27.7 Å². The molecule has 0 N–H and O–H groups in total. The minimum atomic E-state index is -0.256. The van der Waals surface area contributed by atoms with Crippen LogP contribution in [0.25, 0.3) is 0 Å². The number of aromatic nitrogens is 1. The predicted molar refractivity (Wildman–Crippen MR) is 87.7 cm³/mol. The number of hydrogen-bond acceptors (Lipinski definition) is 3. The predicted octanol–water partition coefficient (Wildman–Crippen LogP) is 4.93. The summed E-state index contributed by atoms with van der Waals surface area (Å²) in [6.07, 6.45) is 0. The van der Waals surface area contributed by atoms with Gasteiger partial charge >= 0.3 is 5.97 Å². The summed E-state index contributed by atoms with van der Waals surface area (Å²) >= 11 is 5.53. The van der Waals surface area contributed by atoms with Crippen molar-refractivity contribution in [2.24, 2.45) is 0 Å². The summed E-state index contributed by atoms with van der Waals surface area (Å²) < 4.78 is 4.79. The normalized spacial score (nSPS) is 8.62. The number of pyridine rings is 1. The average Bonchev–Trinajstić information content (AvgIpc) is 2.51. The van der Waals surface area contributed by atoms with E-state index in [0.29, 0.717) is 17.3 Å². The van der Waals surface area contributed by atoms with Crippen LogP contribution in [0.3, 0.4) is 0 Å². The third-order valence-corrected chi connectivity index (χ3v) is 2.35. The summed E-state index contributed by atoms with van der Waals surface area (Å²) in [5.74, 6) is -0.256. The molecule has 114 valence electrons. The lowest BCUT2D eigenvalue weighted by Gasteiger charge is -1.99. The van der Waals surface area contributed by atoms with E-state index in [9.17, 15) is 4.79 Å². The maximum atomic E-state index is 11.0. The van der Waals surface area contributed by atoms with Crippen LogP contribution in [0.1, 0.15) is 36.8 Å². The fourth-order valence-corrected chi connectivity index (χ4v) is 1.50. The van der Waals surface area contributed by atoms with Gasteiger partial charge in [-0.3, -0.25) is 0 Å². The van der Waals surface area contributed by atoms with Gasteiger partial charge in [0.2, 0.25) is 0 Å². The molecule has 1 aromatic carbocycles. The molecule has 0 amide bonds. The lowest BCUT2D eigenvalue weighted by atomic mass is 10.2. The number of aryl methyl sites for hydroxylation is 1. The van der Waals surface area contributed by atoms with Gasteiger partial charge in [-0.15, -0.1) is 0 Å². The maximum Gasteiger partial charge on any atom is 0.338 e. The van der Waals surface area contributed by atoms with Crippen molar-refractivity contribution in [3.8, 4) is 0 Å². The Morgan fingerprint density at radius 1 is 1.10 bits per heavy atom. The van der Waals surface area contributed by atoms with E-state index in [2.05, 4.69) is 4.98 Å². The lowest BCUT2D eigenvalue weighted by molar-refractivity contribution is 0.0526. The van der Waals surface area contributed by atoms with Crippen molar-refractivity contribution in [1.29, 1.82) is 0 Å². The highest BCUT2D eigenvalue weighted by Gasteiger charge is 2.02. The first-order chi connectivity index (χ1) is 10.1. The van der Waals surface area contributed by atoms with Gasteiger partial charge in [-0.05, 0) is 38.1 Å². The molecule has 2 aromatic rings. The Hall–Kier alpha value is -1.87. The second kappa shape index (κ2) is 11.9. The number of hydrogen-bond donors (Lipinski definition) is 0. The summed E-state index contributed by atoms with van der Waals surface area (Å²) in [4.78, 5) is 15.0. The zero-order chi connectivity index (χ0) is 16.1. The molecule has 21 heavy (non-hydrogen) atoms. The van der Waals surface area contributed by atoms with Crippen LogP contribution in [0.4, 0.5) is 0 Å². The van der Waals surface area contributed by atoms with E-state index >= 15 is 0 Å². The largest absolute Gasteiger partial charge is 0.462 e. The quantitative estimate of drug-likeness (QED) is 0.583. The number of carbonyl (C=O) groups is 1. The van der Waals surface area contributed by atoms with Crippen LogP contribution in [0, 0.1) is 6.92 Å².